The number of hydrogen-bond acceptors (Lipinski definition) is 2. The van der Waals surface area contributed by atoms with Crippen LogP contribution in [0.4, 0.5) is 0 Å². The lowest BCUT2D eigenvalue weighted by atomic mass is 10.1. The fraction of sp³-hybridized carbons (Fsp3) is 0.455. The predicted molar refractivity (Wildman–Crippen MR) is 64.0 cm³/mol. The van der Waals surface area contributed by atoms with Crippen LogP contribution >= 0.6 is 11.8 Å². The molecule has 0 radical (unpaired) electrons. The van der Waals surface area contributed by atoms with Crippen LogP contribution in [0.3, 0.4) is 0 Å². The standard InChI is InChI=1S/C11H14OS2/c1-11(13-7-8-14(11)12)9-10-5-3-2-4-6-10/h2-6H,7-9H2,1H3. The first-order valence-corrected chi connectivity index (χ1v) is 7.07. The summed E-state index contributed by atoms with van der Waals surface area (Å²) < 4.78 is 11.7. The minimum atomic E-state index is -0.664. The molecule has 1 aromatic rings. The fourth-order valence-corrected chi connectivity index (χ4v) is 5.14. The van der Waals surface area contributed by atoms with Gasteiger partial charge in [-0.2, -0.15) is 0 Å². The van der Waals surface area contributed by atoms with Gasteiger partial charge < -0.3 is 0 Å². The lowest BCUT2D eigenvalue weighted by Crippen LogP contribution is -2.25. The minimum absolute atomic E-state index is 0.0542. The molecule has 1 saturated heterocycles. The topological polar surface area (TPSA) is 17.1 Å². The van der Waals surface area contributed by atoms with Crippen LogP contribution in [-0.4, -0.2) is 19.8 Å². The highest BCUT2D eigenvalue weighted by atomic mass is 32.2. The van der Waals surface area contributed by atoms with E-state index in [4.69, 9.17) is 0 Å². The summed E-state index contributed by atoms with van der Waals surface area (Å²) in [6.07, 6.45) is 0.922. The molecular weight excluding hydrogens is 212 g/mol. The van der Waals surface area contributed by atoms with Crippen LogP contribution < -0.4 is 0 Å². The molecule has 2 atom stereocenters. The summed E-state index contributed by atoms with van der Waals surface area (Å²) in [6.45, 7) is 2.12. The van der Waals surface area contributed by atoms with Crippen molar-refractivity contribution < 1.29 is 4.21 Å². The first-order chi connectivity index (χ1) is 6.71. The molecule has 1 fully saturated rings. The summed E-state index contributed by atoms with van der Waals surface area (Å²) >= 11 is 1.85. The molecule has 14 heavy (non-hydrogen) atoms. The van der Waals surface area contributed by atoms with Crippen LogP contribution in [0.5, 0.6) is 0 Å². The van der Waals surface area contributed by atoms with Crippen LogP contribution in [0, 0.1) is 0 Å². The molecule has 1 aromatic carbocycles. The molecule has 0 aromatic heterocycles. The van der Waals surface area contributed by atoms with E-state index in [0.717, 1.165) is 17.9 Å². The molecule has 1 nitrogen and oxygen atoms in total. The van der Waals surface area contributed by atoms with Crippen molar-refractivity contribution in [3.8, 4) is 0 Å². The highest BCUT2D eigenvalue weighted by Crippen LogP contribution is 2.38. The lowest BCUT2D eigenvalue weighted by molar-refractivity contribution is 0.669. The van der Waals surface area contributed by atoms with E-state index in [2.05, 4.69) is 19.1 Å². The Bertz CT molecular complexity index is 336. The Balaban J connectivity index is 2.14. The third-order valence-electron chi connectivity index (χ3n) is 2.53. The van der Waals surface area contributed by atoms with Gasteiger partial charge >= 0.3 is 0 Å². The van der Waals surface area contributed by atoms with E-state index in [9.17, 15) is 4.21 Å². The highest BCUT2D eigenvalue weighted by Gasteiger charge is 2.36. The molecule has 0 amide bonds. The average molecular weight is 226 g/mol. The summed E-state index contributed by atoms with van der Waals surface area (Å²) in [4.78, 5) is 0. The predicted octanol–water partition coefficient (Wildman–Crippen LogP) is 2.44. The molecule has 1 aliphatic heterocycles. The van der Waals surface area contributed by atoms with Crippen LogP contribution in [0.15, 0.2) is 30.3 Å². The summed E-state index contributed by atoms with van der Waals surface area (Å²) in [7, 11) is -0.664. The van der Waals surface area contributed by atoms with Gasteiger partial charge in [-0.25, -0.2) is 0 Å². The molecule has 0 N–H and O–H groups in total. The van der Waals surface area contributed by atoms with E-state index >= 15 is 0 Å². The van der Waals surface area contributed by atoms with Crippen molar-refractivity contribution in [3.05, 3.63) is 35.9 Å². The quantitative estimate of drug-likeness (QED) is 0.770. The van der Waals surface area contributed by atoms with Gasteiger partial charge in [0.25, 0.3) is 0 Å². The normalized spacial score (nSPS) is 31.9. The summed E-state index contributed by atoms with van der Waals surface area (Å²) in [5, 5.41) is 0. The maximum atomic E-state index is 11.8. The minimum Gasteiger partial charge on any atom is -0.258 e. The van der Waals surface area contributed by atoms with Gasteiger partial charge in [-0.05, 0) is 18.9 Å². The Kier molecular flexibility index (Phi) is 2.98. The van der Waals surface area contributed by atoms with Crippen LogP contribution in [0.25, 0.3) is 0 Å². The van der Waals surface area contributed by atoms with Crippen molar-refractivity contribution >= 4 is 22.6 Å². The molecule has 0 saturated carbocycles. The van der Waals surface area contributed by atoms with E-state index in [1.165, 1.54) is 5.56 Å². The van der Waals surface area contributed by atoms with Gasteiger partial charge in [-0.15, -0.1) is 11.8 Å². The monoisotopic (exact) mass is 226 g/mol. The Hall–Kier alpha value is -0.280. The number of hydrogen-bond donors (Lipinski definition) is 0. The van der Waals surface area contributed by atoms with Crippen LogP contribution in [-0.2, 0) is 17.2 Å². The zero-order chi connectivity index (χ0) is 10.0. The first kappa shape index (κ1) is 10.2. The summed E-state index contributed by atoms with van der Waals surface area (Å²) in [5.41, 5.74) is 1.29. The maximum Gasteiger partial charge on any atom is 0.0921 e. The number of thioether (sulfide) groups is 1. The Labute approximate surface area is 91.7 Å². The number of benzene rings is 1. The third-order valence-corrected chi connectivity index (χ3v) is 6.54. The average Bonchev–Trinajstić information content (AvgIpc) is 2.48. The summed E-state index contributed by atoms with van der Waals surface area (Å²) in [5.74, 6) is 1.89. The molecule has 0 bridgehead atoms. The first-order valence-electron chi connectivity index (χ1n) is 4.77. The van der Waals surface area contributed by atoms with Crippen molar-refractivity contribution in [1.82, 2.24) is 0 Å². The zero-order valence-corrected chi connectivity index (χ0v) is 9.87. The second kappa shape index (κ2) is 4.07. The second-order valence-electron chi connectivity index (χ2n) is 3.69. The molecule has 2 rings (SSSR count). The Morgan fingerprint density at radius 3 is 2.71 bits per heavy atom. The van der Waals surface area contributed by atoms with Crippen LogP contribution in [0.1, 0.15) is 12.5 Å². The van der Waals surface area contributed by atoms with Gasteiger partial charge in [0.1, 0.15) is 0 Å². The SMILES string of the molecule is CC1(Cc2ccccc2)SCCS1=O. The molecule has 1 heterocycles. The van der Waals surface area contributed by atoms with E-state index in [0.29, 0.717) is 0 Å². The molecule has 0 aliphatic carbocycles. The van der Waals surface area contributed by atoms with Gasteiger partial charge in [0.05, 0.1) is 4.08 Å². The van der Waals surface area contributed by atoms with Gasteiger partial charge in [0.15, 0.2) is 0 Å². The van der Waals surface area contributed by atoms with Gasteiger partial charge in [0, 0.05) is 22.3 Å². The van der Waals surface area contributed by atoms with E-state index in [-0.39, 0.29) is 4.08 Å². The van der Waals surface area contributed by atoms with E-state index in [1.807, 2.05) is 30.0 Å². The van der Waals surface area contributed by atoms with E-state index in [1.54, 1.807) is 0 Å². The molecule has 2 unspecified atom stereocenters. The Morgan fingerprint density at radius 2 is 2.14 bits per heavy atom. The fourth-order valence-electron chi connectivity index (χ4n) is 1.71. The van der Waals surface area contributed by atoms with Crippen molar-refractivity contribution in [2.45, 2.75) is 17.4 Å². The molecule has 76 valence electrons. The van der Waals surface area contributed by atoms with Crippen molar-refractivity contribution in [3.63, 3.8) is 0 Å². The highest BCUT2D eigenvalue weighted by molar-refractivity contribution is 8.15. The van der Waals surface area contributed by atoms with Gasteiger partial charge in [0.2, 0.25) is 0 Å². The molecule has 1 aliphatic rings. The maximum absolute atomic E-state index is 11.8. The van der Waals surface area contributed by atoms with E-state index < -0.39 is 10.8 Å². The molecular formula is C11H14OS2. The molecule has 3 heteroatoms. The van der Waals surface area contributed by atoms with Gasteiger partial charge in [-0.1, -0.05) is 30.3 Å². The van der Waals surface area contributed by atoms with Crippen LogP contribution in [0.2, 0.25) is 0 Å². The Morgan fingerprint density at radius 1 is 1.43 bits per heavy atom. The largest absolute Gasteiger partial charge is 0.258 e. The summed E-state index contributed by atoms with van der Waals surface area (Å²) in [6, 6.07) is 10.3. The number of rotatable bonds is 2. The lowest BCUT2D eigenvalue weighted by Gasteiger charge is -2.21. The van der Waals surface area contributed by atoms with Crippen molar-refractivity contribution in [2.75, 3.05) is 11.5 Å². The van der Waals surface area contributed by atoms with Gasteiger partial charge in [-0.3, -0.25) is 4.21 Å². The van der Waals surface area contributed by atoms with Crippen molar-refractivity contribution in [1.29, 1.82) is 0 Å². The van der Waals surface area contributed by atoms with Crippen molar-refractivity contribution in [2.24, 2.45) is 0 Å². The smallest absolute Gasteiger partial charge is 0.0921 e. The zero-order valence-electron chi connectivity index (χ0n) is 8.23. The third kappa shape index (κ3) is 2.04. The molecule has 0 spiro atoms. The second-order valence-corrected chi connectivity index (χ2v) is 7.55.